The minimum Gasteiger partial charge on any atom is -0.490 e. The summed E-state index contributed by atoms with van der Waals surface area (Å²) in [6.45, 7) is -4.80. The number of hydrogen-bond acceptors (Lipinski definition) is 10. The van der Waals surface area contributed by atoms with Crippen molar-refractivity contribution in [3.8, 4) is 23.0 Å². The second kappa shape index (κ2) is 15.2. The number of ketones is 2. The zero-order chi connectivity index (χ0) is 32.7. The number of Topliss-reactive ketones (excluding diaryl/α,β-unsaturated/α-hetero) is 2. The van der Waals surface area contributed by atoms with Crippen LogP contribution in [0, 0.1) is 5.92 Å². The molecule has 2 heterocycles. The highest BCUT2D eigenvalue weighted by Crippen LogP contribution is 2.39. The van der Waals surface area contributed by atoms with Crippen molar-refractivity contribution in [1.29, 1.82) is 0 Å². The number of carbonyl (C=O) groups excluding carboxylic acids is 3. The van der Waals surface area contributed by atoms with E-state index in [9.17, 15) is 36.7 Å². The smallest absolute Gasteiger partial charge is 0.387 e. The molecule has 0 aliphatic heterocycles. The molecule has 4 aromatic rings. The van der Waals surface area contributed by atoms with Gasteiger partial charge in [-0.1, -0.05) is 6.92 Å². The van der Waals surface area contributed by atoms with Crippen LogP contribution in [0.4, 0.5) is 17.6 Å². The van der Waals surface area contributed by atoms with Crippen LogP contribution in [-0.4, -0.2) is 55.4 Å². The highest BCUT2D eigenvalue weighted by Gasteiger charge is 2.20. The molecular weight excluding hydrogens is 644 g/mol. The molecule has 0 amide bonds. The third-order valence-corrected chi connectivity index (χ3v) is 8.53. The van der Waals surface area contributed by atoms with Crippen molar-refractivity contribution in [1.82, 2.24) is 0 Å². The number of benzene rings is 2. The lowest BCUT2D eigenvalue weighted by molar-refractivity contribution is -0.137. The number of rotatable bonds is 18. The second-order valence-electron chi connectivity index (χ2n) is 9.76. The van der Waals surface area contributed by atoms with Crippen LogP contribution >= 0.6 is 22.7 Å². The summed E-state index contributed by atoms with van der Waals surface area (Å²) in [4.78, 5) is 47.1. The fourth-order valence-corrected chi connectivity index (χ4v) is 6.24. The molecule has 0 fully saturated rings. The molecule has 0 radical (unpaired) electrons. The van der Waals surface area contributed by atoms with E-state index in [1.807, 2.05) is 0 Å². The van der Waals surface area contributed by atoms with Crippen LogP contribution in [0.3, 0.4) is 0 Å². The van der Waals surface area contributed by atoms with Crippen LogP contribution in [0.2, 0.25) is 0 Å². The van der Waals surface area contributed by atoms with E-state index >= 15 is 0 Å². The van der Waals surface area contributed by atoms with Gasteiger partial charge in [-0.2, -0.15) is 17.6 Å². The number of alkyl halides is 4. The summed E-state index contributed by atoms with van der Waals surface area (Å²) in [5, 5.41) is 9.87. The van der Waals surface area contributed by atoms with Crippen molar-refractivity contribution in [2.75, 3.05) is 13.2 Å². The molecular formula is C30H26F4O9S2. The fourth-order valence-electron chi connectivity index (χ4n) is 4.18. The predicted octanol–water partition coefficient (Wildman–Crippen LogP) is 7.62. The van der Waals surface area contributed by atoms with Crippen LogP contribution in [-0.2, 0) is 9.59 Å². The molecule has 0 aliphatic rings. The highest BCUT2D eigenvalue weighted by molar-refractivity contribution is 7.21. The second-order valence-corrected chi connectivity index (χ2v) is 11.9. The molecule has 4 rings (SSSR count). The van der Waals surface area contributed by atoms with E-state index in [-0.39, 0.29) is 72.6 Å². The third-order valence-electron chi connectivity index (χ3n) is 6.26. The standard InChI is InChI=1S/C30H26F4O9S2/c1-15(14-35)7-19(37)27-11-17-9-21(23(43-30(33)34)13-25(17)45-27)41-6-2-5-40-20-8-16-10-26(18(36)3-4-28(38)39)44-24(16)12-22(20)42-29(31)32/h8-15,29-30H,2-7H2,1H3,(H,38,39). The van der Waals surface area contributed by atoms with E-state index in [4.69, 9.17) is 14.6 Å². The Balaban J connectivity index is 1.44. The number of thiophene rings is 2. The fraction of sp³-hybridized carbons (Fsp3) is 0.333. The first-order valence-corrected chi connectivity index (χ1v) is 15.1. The maximum atomic E-state index is 13.1. The molecule has 0 aliphatic carbocycles. The van der Waals surface area contributed by atoms with Gasteiger partial charge in [-0.05, 0) is 35.0 Å². The van der Waals surface area contributed by atoms with Gasteiger partial charge in [-0.15, -0.1) is 22.7 Å². The van der Waals surface area contributed by atoms with Gasteiger partial charge >= 0.3 is 19.2 Å². The Morgan fingerprint density at radius 1 is 0.756 bits per heavy atom. The molecule has 1 atom stereocenters. The molecule has 2 aromatic heterocycles. The number of fused-ring (bicyclic) bond motifs is 2. The number of aldehydes is 1. The Morgan fingerprint density at radius 2 is 1.24 bits per heavy atom. The molecule has 9 nitrogen and oxygen atoms in total. The quantitative estimate of drug-likeness (QED) is 0.0492. The Labute approximate surface area is 261 Å². The molecule has 0 saturated carbocycles. The number of carboxylic acid groups (broad SMARTS) is 1. The molecule has 45 heavy (non-hydrogen) atoms. The maximum absolute atomic E-state index is 13.1. The first-order chi connectivity index (χ1) is 21.4. The van der Waals surface area contributed by atoms with Crippen LogP contribution in [0.1, 0.15) is 52.0 Å². The van der Waals surface area contributed by atoms with Gasteiger partial charge < -0.3 is 28.8 Å². The third kappa shape index (κ3) is 9.14. The molecule has 1 unspecified atom stereocenters. The van der Waals surface area contributed by atoms with Crippen LogP contribution in [0.5, 0.6) is 23.0 Å². The van der Waals surface area contributed by atoms with E-state index in [0.29, 0.717) is 31.3 Å². The number of halogens is 4. The van der Waals surface area contributed by atoms with E-state index in [0.717, 1.165) is 22.7 Å². The van der Waals surface area contributed by atoms with E-state index in [1.54, 1.807) is 13.0 Å². The van der Waals surface area contributed by atoms with Crippen LogP contribution < -0.4 is 18.9 Å². The van der Waals surface area contributed by atoms with Crippen molar-refractivity contribution in [3.63, 3.8) is 0 Å². The normalized spacial score (nSPS) is 12.1. The van der Waals surface area contributed by atoms with Gasteiger partial charge in [0.2, 0.25) is 0 Å². The summed E-state index contributed by atoms with van der Waals surface area (Å²) in [7, 11) is 0. The molecule has 0 bridgehead atoms. The number of aliphatic carboxylic acids is 1. The van der Waals surface area contributed by atoms with Crippen LogP contribution in [0.15, 0.2) is 36.4 Å². The zero-order valence-corrected chi connectivity index (χ0v) is 25.2. The Bertz CT molecular complexity index is 1700. The highest BCUT2D eigenvalue weighted by atomic mass is 32.1. The monoisotopic (exact) mass is 670 g/mol. The summed E-state index contributed by atoms with van der Waals surface area (Å²) >= 11 is 2.09. The van der Waals surface area contributed by atoms with E-state index in [1.165, 1.54) is 30.3 Å². The molecule has 240 valence electrons. The number of carboxylic acids is 1. The number of hydrogen-bond donors (Lipinski definition) is 1. The number of ether oxygens (including phenoxy) is 4. The van der Waals surface area contributed by atoms with Crippen molar-refractivity contribution >= 4 is 66.7 Å². The summed E-state index contributed by atoms with van der Waals surface area (Å²) < 4.78 is 73.9. The maximum Gasteiger partial charge on any atom is 0.387 e. The van der Waals surface area contributed by atoms with Crippen LogP contribution in [0.25, 0.3) is 20.2 Å². The molecule has 0 spiro atoms. The average Bonchev–Trinajstić information content (AvgIpc) is 3.58. The van der Waals surface area contributed by atoms with E-state index < -0.39 is 30.9 Å². The summed E-state index contributed by atoms with van der Waals surface area (Å²) in [5.74, 6) is -2.81. The first-order valence-electron chi connectivity index (χ1n) is 13.5. The summed E-state index contributed by atoms with van der Waals surface area (Å²) in [6, 6.07) is 8.61. The Kier molecular flexibility index (Phi) is 11.3. The molecule has 15 heteroatoms. The van der Waals surface area contributed by atoms with Gasteiger partial charge in [-0.25, -0.2) is 0 Å². The lowest BCUT2D eigenvalue weighted by atomic mass is 10.1. The first kappa shape index (κ1) is 33.6. The largest absolute Gasteiger partial charge is 0.490 e. The predicted molar refractivity (Wildman–Crippen MR) is 158 cm³/mol. The molecule has 0 saturated heterocycles. The van der Waals surface area contributed by atoms with Gasteiger partial charge in [-0.3, -0.25) is 14.4 Å². The SMILES string of the molecule is CC(C=O)CC(=O)c1cc2cc(OCCCOc3cc4cc(C(=O)CCC(=O)O)sc4cc3OC(F)F)c(OC(F)F)cc2s1. The Morgan fingerprint density at radius 3 is 1.69 bits per heavy atom. The zero-order valence-electron chi connectivity index (χ0n) is 23.6. The molecule has 2 aromatic carbocycles. The van der Waals surface area contributed by atoms with Gasteiger partial charge in [0.25, 0.3) is 0 Å². The minimum atomic E-state index is -3.16. The van der Waals surface area contributed by atoms with Gasteiger partial charge in [0, 0.05) is 46.7 Å². The molecule has 1 N–H and O–H groups in total. The van der Waals surface area contributed by atoms with Crippen molar-refractivity contribution < 1.29 is 60.8 Å². The van der Waals surface area contributed by atoms with Crippen molar-refractivity contribution in [2.24, 2.45) is 5.92 Å². The lowest BCUT2D eigenvalue weighted by Gasteiger charge is -2.14. The lowest BCUT2D eigenvalue weighted by Crippen LogP contribution is -2.09. The van der Waals surface area contributed by atoms with E-state index in [2.05, 4.69) is 9.47 Å². The van der Waals surface area contributed by atoms with Crippen molar-refractivity contribution in [3.05, 3.63) is 46.2 Å². The average molecular weight is 671 g/mol. The summed E-state index contributed by atoms with van der Waals surface area (Å²) in [5.41, 5.74) is 0. The number of carbonyl (C=O) groups is 4. The topological polar surface area (TPSA) is 125 Å². The van der Waals surface area contributed by atoms with Gasteiger partial charge in [0.05, 0.1) is 29.4 Å². The van der Waals surface area contributed by atoms with Gasteiger partial charge in [0.15, 0.2) is 34.6 Å². The van der Waals surface area contributed by atoms with Gasteiger partial charge in [0.1, 0.15) is 6.29 Å². The van der Waals surface area contributed by atoms with Crippen molar-refractivity contribution in [2.45, 2.75) is 45.8 Å². The minimum absolute atomic E-state index is 0.00949. The Hall–Kier alpha value is -4.24. The summed E-state index contributed by atoms with van der Waals surface area (Å²) in [6.07, 6.45) is 0.305.